The number of aromatic nitrogens is 7. The first-order valence-electron chi connectivity index (χ1n) is 11.4. The number of benzene rings is 1. The summed E-state index contributed by atoms with van der Waals surface area (Å²) in [7, 11) is 3.93. The largest absolute Gasteiger partial charge is 0.492 e. The van der Waals surface area contributed by atoms with E-state index < -0.39 is 0 Å². The lowest BCUT2D eigenvalue weighted by Gasteiger charge is -2.12. The molecule has 0 unspecified atom stereocenters. The van der Waals surface area contributed by atoms with Gasteiger partial charge >= 0.3 is 0 Å². The molecule has 0 bridgehead atoms. The zero-order valence-electron chi connectivity index (χ0n) is 19.7. The van der Waals surface area contributed by atoms with Gasteiger partial charge in [-0.1, -0.05) is 0 Å². The number of aromatic amines is 3. The van der Waals surface area contributed by atoms with E-state index in [1.54, 1.807) is 24.8 Å². The maximum Gasteiger partial charge on any atom is 0.127 e. The minimum atomic E-state index is -0.375. The van der Waals surface area contributed by atoms with E-state index in [0.717, 1.165) is 51.0 Å². The van der Waals surface area contributed by atoms with Crippen LogP contribution in [0.5, 0.6) is 5.75 Å². The molecule has 5 heterocycles. The molecule has 6 rings (SSSR count). The van der Waals surface area contributed by atoms with Gasteiger partial charge in [0.25, 0.3) is 0 Å². The van der Waals surface area contributed by atoms with Gasteiger partial charge in [0.05, 0.1) is 35.0 Å². The summed E-state index contributed by atoms with van der Waals surface area (Å²) in [6, 6.07) is 10.5. The Balaban J connectivity index is 1.41. The molecule has 0 atom stereocenters. The maximum atomic E-state index is 14.5. The zero-order chi connectivity index (χ0) is 24.6. The summed E-state index contributed by atoms with van der Waals surface area (Å²) in [5.74, 6) is 0.0958. The van der Waals surface area contributed by atoms with Gasteiger partial charge in [0.2, 0.25) is 0 Å². The Morgan fingerprint density at radius 2 is 1.83 bits per heavy atom. The van der Waals surface area contributed by atoms with Crippen molar-refractivity contribution < 1.29 is 9.13 Å². The molecular weight excluding hydrogens is 459 g/mol. The molecule has 0 spiro atoms. The summed E-state index contributed by atoms with van der Waals surface area (Å²) >= 11 is 0. The van der Waals surface area contributed by atoms with Crippen molar-refractivity contribution >= 4 is 21.8 Å². The molecule has 1 aromatic carbocycles. The van der Waals surface area contributed by atoms with Gasteiger partial charge in [-0.25, -0.2) is 4.39 Å². The van der Waals surface area contributed by atoms with Gasteiger partial charge < -0.3 is 14.6 Å². The predicted molar refractivity (Wildman–Crippen MR) is 136 cm³/mol. The number of nitrogens with zero attached hydrogens (tertiary/aromatic N) is 5. The molecule has 0 aliphatic carbocycles. The van der Waals surface area contributed by atoms with Crippen LogP contribution in [-0.2, 0) is 0 Å². The van der Waals surface area contributed by atoms with Crippen LogP contribution < -0.4 is 4.74 Å². The van der Waals surface area contributed by atoms with E-state index in [4.69, 9.17) is 4.74 Å². The van der Waals surface area contributed by atoms with E-state index in [0.29, 0.717) is 23.6 Å². The van der Waals surface area contributed by atoms with Crippen molar-refractivity contribution in [3.63, 3.8) is 0 Å². The SMILES string of the molecule is CN(C)CCOc1cc(F)cc(-c2nccc3[nH]c(-c4n[nH]c5cnc(-c6cn[nH]c6)cc45)cc23)c1. The highest BCUT2D eigenvalue weighted by molar-refractivity contribution is 6.00. The van der Waals surface area contributed by atoms with E-state index in [-0.39, 0.29) is 5.82 Å². The highest BCUT2D eigenvalue weighted by atomic mass is 19.1. The number of rotatable bonds is 7. The van der Waals surface area contributed by atoms with Gasteiger partial charge in [-0.2, -0.15) is 10.2 Å². The molecule has 5 aromatic heterocycles. The van der Waals surface area contributed by atoms with Crippen molar-refractivity contribution in [3.8, 4) is 39.7 Å². The van der Waals surface area contributed by atoms with E-state index in [9.17, 15) is 4.39 Å². The first kappa shape index (κ1) is 21.9. The first-order valence-corrected chi connectivity index (χ1v) is 11.4. The quantitative estimate of drug-likeness (QED) is 0.306. The van der Waals surface area contributed by atoms with Crippen LogP contribution in [0.1, 0.15) is 0 Å². The second-order valence-corrected chi connectivity index (χ2v) is 8.81. The average Bonchev–Trinajstić information content (AvgIpc) is 3.62. The summed E-state index contributed by atoms with van der Waals surface area (Å²) < 4.78 is 20.3. The molecule has 0 radical (unpaired) electrons. The molecule has 0 amide bonds. The third-order valence-electron chi connectivity index (χ3n) is 6.00. The highest BCUT2D eigenvalue weighted by Crippen LogP contribution is 2.35. The van der Waals surface area contributed by atoms with Crippen LogP contribution in [0, 0.1) is 5.82 Å². The Hall–Kier alpha value is -4.57. The summed E-state index contributed by atoms with van der Waals surface area (Å²) in [6.07, 6.45) is 6.99. The molecule has 6 aromatic rings. The molecule has 180 valence electrons. The van der Waals surface area contributed by atoms with Gasteiger partial charge in [0.1, 0.15) is 23.9 Å². The molecule has 36 heavy (non-hydrogen) atoms. The fourth-order valence-electron chi connectivity index (χ4n) is 4.21. The molecule has 0 aliphatic rings. The van der Waals surface area contributed by atoms with Crippen molar-refractivity contribution in [2.75, 3.05) is 27.2 Å². The minimum Gasteiger partial charge on any atom is -0.492 e. The lowest BCUT2D eigenvalue weighted by molar-refractivity contribution is 0.260. The van der Waals surface area contributed by atoms with Crippen molar-refractivity contribution in [3.05, 3.63) is 67.0 Å². The molecule has 0 saturated heterocycles. The monoisotopic (exact) mass is 482 g/mol. The van der Waals surface area contributed by atoms with Crippen LogP contribution in [0.4, 0.5) is 4.39 Å². The number of likely N-dealkylation sites (N-methyl/N-ethyl adjacent to an activating group) is 1. The molecule has 10 heteroatoms. The Morgan fingerprint density at radius 3 is 2.67 bits per heavy atom. The zero-order valence-corrected chi connectivity index (χ0v) is 19.7. The van der Waals surface area contributed by atoms with Crippen LogP contribution in [0.3, 0.4) is 0 Å². The van der Waals surface area contributed by atoms with Gasteiger partial charge in [0, 0.05) is 52.4 Å². The molecule has 3 N–H and O–H groups in total. The fraction of sp³-hybridized carbons (Fsp3) is 0.154. The number of H-pyrrole nitrogens is 3. The van der Waals surface area contributed by atoms with Crippen molar-refractivity contribution in [1.82, 2.24) is 40.2 Å². The maximum absolute atomic E-state index is 14.5. The van der Waals surface area contributed by atoms with E-state index >= 15 is 0 Å². The van der Waals surface area contributed by atoms with E-state index in [1.807, 2.05) is 43.3 Å². The number of ether oxygens (including phenoxy) is 1. The summed E-state index contributed by atoms with van der Waals surface area (Å²) in [4.78, 5) is 14.5. The van der Waals surface area contributed by atoms with Crippen molar-refractivity contribution in [2.24, 2.45) is 0 Å². The van der Waals surface area contributed by atoms with Crippen LogP contribution in [0.2, 0.25) is 0 Å². The van der Waals surface area contributed by atoms with Crippen molar-refractivity contribution in [2.45, 2.75) is 0 Å². The Kier molecular flexibility index (Phi) is 5.42. The van der Waals surface area contributed by atoms with Gasteiger partial charge in [-0.15, -0.1) is 0 Å². The van der Waals surface area contributed by atoms with Crippen molar-refractivity contribution in [1.29, 1.82) is 0 Å². The average molecular weight is 483 g/mol. The second kappa shape index (κ2) is 8.90. The fourth-order valence-corrected chi connectivity index (χ4v) is 4.21. The minimum absolute atomic E-state index is 0.375. The predicted octanol–water partition coefficient (Wildman–Crippen LogP) is 4.64. The number of hydrogen-bond acceptors (Lipinski definition) is 6. The number of fused-ring (bicyclic) bond motifs is 2. The molecule has 0 aliphatic heterocycles. The number of hydrogen-bond donors (Lipinski definition) is 3. The summed E-state index contributed by atoms with van der Waals surface area (Å²) in [5, 5.41) is 16.2. The van der Waals surface area contributed by atoms with Gasteiger partial charge in [0.15, 0.2) is 0 Å². The Labute approximate surface area is 205 Å². The number of pyridine rings is 2. The van der Waals surface area contributed by atoms with Crippen LogP contribution >= 0.6 is 0 Å². The summed E-state index contributed by atoms with van der Waals surface area (Å²) in [5.41, 5.74) is 6.24. The molecule has 9 nitrogen and oxygen atoms in total. The lowest BCUT2D eigenvalue weighted by Crippen LogP contribution is -2.19. The Morgan fingerprint density at radius 1 is 0.944 bits per heavy atom. The normalized spacial score (nSPS) is 11.7. The standard InChI is InChI=1S/C26H23FN8O/c1-35(2)5-6-36-18-8-15(7-17(27)9-18)25-19-11-23(32-21(19)3-4-28-25)26-20-10-22(16-12-30-31-13-16)29-14-24(20)33-34-26/h3-4,7-14,32H,5-6H2,1-2H3,(H,30,31)(H,33,34). The number of halogens is 1. The van der Waals surface area contributed by atoms with Gasteiger partial charge in [-0.3, -0.25) is 20.2 Å². The van der Waals surface area contributed by atoms with E-state index in [1.165, 1.54) is 12.1 Å². The van der Waals surface area contributed by atoms with Crippen LogP contribution in [-0.4, -0.2) is 67.5 Å². The second-order valence-electron chi connectivity index (χ2n) is 8.81. The summed E-state index contributed by atoms with van der Waals surface area (Å²) in [6.45, 7) is 1.19. The highest BCUT2D eigenvalue weighted by Gasteiger charge is 2.16. The first-order chi connectivity index (χ1) is 17.5. The lowest BCUT2D eigenvalue weighted by atomic mass is 10.1. The van der Waals surface area contributed by atoms with Crippen LogP contribution in [0.15, 0.2) is 61.2 Å². The third kappa shape index (κ3) is 4.07. The molecule has 0 fully saturated rings. The van der Waals surface area contributed by atoms with Crippen LogP contribution in [0.25, 0.3) is 55.7 Å². The smallest absolute Gasteiger partial charge is 0.127 e. The number of nitrogens with one attached hydrogen (secondary N) is 3. The molecular formula is C26H23FN8O. The third-order valence-corrected chi connectivity index (χ3v) is 6.00. The molecule has 0 saturated carbocycles. The topological polar surface area (TPSA) is 111 Å². The van der Waals surface area contributed by atoms with E-state index in [2.05, 4.69) is 35.3 Å². The Bertz CT molecular complexity index is 1670. The van der Waals surface area contributed by atoms with Gasteiger partial charge in [-0.05, 0) is 44.4 Å².